The molecule has 36 heavy (non-hydrogen) atoms. The fraction of sp³-hybridized carbons (Fsp3) is 0.267. The van der Waals surface area contributed by atoms with Crippen molar-refractivity contribution in [3.63, 3.8) is 0 Å². The number of alkyl halides is 2. The minimum Gasteiger partial charge on any atom is -0.456 e. The zero-order valence-electron chi connectivity index (χ0n) is 20.3. The Labute approximate surface area is 214 Å². The zero-order chi connectivity index (χ0) is 25.7. The molecule has 0 radical (unpaired) electrons. The van der Waals surface area contributed by atoms with Gasteiger partial charge in [-0.25, -0.2) is 8.78 Å². The van der Waals surface area contributed by atoms with Crippen molar-refractivity contribution in [2.45, 2.75) is 51.9 Å². The first-order chi connectivity index (χ1) is 17.3. The third-order valence-corrected chi connectivity index (χ3v) is 7.61. The third kappa shape index (κ3) is 5.90. The van der Waals surface area contributed by atoms with Gasteiger partial charge >= 0.3 is 0 Å². The number of thiophene rings is 1. The van der Waals surface area contributed by atoms with Gasteiger partial charge in [-0.2, -0.15) is 10.5 Å². The third-order valence-electron chi connectivity index (χ3n) is 6.25. The van der Waals surface area contributed by atoms with E-state index in [1.165, 1.54) is 0 Å². The molecule has 0 atom stereocenters. The molecule has 3 nitrogen and oxygen atoms in total. The standard InChI is InChI=1S/C30H26F2N2OS/c1-20(18-33)5-3-7-22-9-10-23(17-22)28-25-13-15-30(31,32)16-14-26(25)29(36-28)27-12-11-24(35-27)8-4-6-21(2)19-34/h3-12H,13-17H2,1-2H3/b7-3+,8-4+,20-5-,21-6-. The van der Waals surface area contributed by atoms with Crippen LogP contribution < -0.4 is 0 Å². The number of nitrogens with zero attached hydrogens (tertiary/aromatic N) is 2. The summed E-state index contributed by atoms with van der Waals surface area (Å²) < 4.78 is 34.8. The lowest BCUT2D eigenvalue weighted by atomic mass is 9.98. The van der Waals surface area contributed by atoms with Crippen molar-refractivity contribution in [1.82, 2.24) is 0 Å². The number of furan rings is 1. The summed E-state index contributed by atoms with van der Waals surface area (Å²) in [6.07, 6.45) is 16.1. The second-order valence-corrected chi connectivity index (χ2v) is 10.0. The van der Waals surface area contributed by atoms with Crippen molar-refractivity contribution < 1.29 is 13.2 Å². The van der Waals surface area contributed by atoms with E-state index in [-0.39, 0.29) is 12.8 Å². The van der Waals surface area contributed by atoms with E-state index < -0.39 is 5.92 Å². The molecule has 2 aliphatic carbocycles. The summed E-state index contributed by atoms with van der Waals surface area (Å²) in [6, 6.07) is 7.91. The van der Waals surface area contributed by atoms with Gasteiger partial charge in [-0.1, -0.05) is 30.4 Å². The molecule has 0 amide bonds. The molecule has 0 N–H and O–H groups in total. The van der Waals surface area contributed by atoms with Crippen molar-refractivity contribution in [3.8, 4) is 22.8 Å². The van der Waals surface area contributed by atoms with Crippen LogP contribution in [0.3, 0.4) is 0 Å². The van der Waals surface area contributed by atoms with Crippen molar-refractivity contribution in [3.05, 3.63) is 93.1 Å². The van der Waals surface area contributed by atoms with Crippen LogP contribution in [0.1, 0.15) is 54.9 Å². The number of halogens is 2. The first-order valence-corrected chi connectivity index (χ1v) is 12.6. The Hall–Kier alpha value is -3.74. The number of hydrogen-bond acceptors (Lipinski definition) is 4. The monoisotopic (exact) mass is 500 g/mol. The fourth-order valence-corrected chi connectivity index (χ4v) is 5.67. The second kappa shape index (κ2) is 10.9. The average Bonchev–Trinajstić information content (AvgIpc) is 3.57. The highest BCUT2D eigenvalue weighted by Gasteiger charge is 2.35. The summed E-state index contributed by atoms with van der Waals surface area (Å²) in [5.41, 5.74) is 5.44. The summed E-state index contributed by atoms with van der Waals surface area (Å²) in [6.45, 7) is 3.49. The lowest BCUT2D eigenvalue weighted by molar-refractivity contribution is -0.0130. The smallest absolute Gasteiger partial charge is 0.248 e. The molecule has 4 rings (SSSR count). The van der Waals surface area contributed by atoms with Gasteiger partial charge in [0.15, 0.2) is 0 Å². The fourth-order valence-electron chi connectivity index (χ4n) is 4.29. The Balaban J connectivity index is 1.64. The Morgan fingerprint density at radius 2 is 1.58 bits per heavy atom. The normalized spacial score (nSPS) is 18.1. The molecule has 182 valence electrons. The lowest BCUT2D eigenvalue weighted by Gasteiger charge is -2.12. The number of hydrogen-bond donors (Lipinski definition) is 0. The Morgan fingerprint density at radius 3 is 2.25 bits per heavy atom. The van der Waals surface area contributed by atoms with E-state index in [0.717, 1.165) is 38.4 Å². The molecular weight excluding hydrogens is 474 g/mol. The van der Waals surface area contributed by atoms with Crippen LogP contribution in [0.25, 0.3) is 22.3 Å². The SMILES string of the molecule is C/C(C#N)=C/C=C/C1=CC=C(c2sc(-c3ccc(/C=C/C=C(/C)C#N)o3)c3c2CCC(F)(F)CC3)C1. The highest BCUT2D eigenvalue weighted by atomic mass is 32.1. The van der Waals surface area contributed by atoms with Crippen molar-refractivity contribution in [2.24, 2.45) is 0 Å². The van der Waals surface area contributed by atoms with Crippen LogP contribution in [-0.4, -0.2) is 5.92 Å². The molecule has 2 aliphatic rings. The number of fused-ring (bicyclic) bond motifs is 1. The number of rotatable bonds is 6. The van der Waals surface area contributed by atoms with Gasteiger partial charge in [-0.3, -0.25) is 0 Å². The van der Waals surface area contributed by atoms with Crippen molar-refractivity contribution in [1.29, 1.82) is 10.5 Å². The van der Waals surface area contributed by atoms with Crippen molar-refractivity contribution >= 4 is 23.0 Å². The van der Waals surface area contributed by atoms with E-state index in [0.29, 0.717) is 35.5 Å². The summed E-state index contributed by atoms with van der Waals surface area (Å²) in [5.74, 6) is -1.35. The van der Waals surface area contributed by atoms with Gasteiger partial charge in [-0.15, -0.1) is 11.3 Å². The molecular formula is C30H26F2N2OS. The van der Waals surface area contributed by atoms with Crippen LogP contribution in [0.5, 0.6) is 0 Å². The number of nitriles is 2. The molecule has 0 aromatic carbocycles. The number of allylic oxidation sites excluding steroid dienone is 11. The summed E-state index contributed by atoms with van der Waals surface area (Å²) in [5, 5.41) is 17.8. The summed E-state index contributed by atoms with van der Waals surface area (Å²) in [4.78, 5) is 1.97. The highest BCUT2D eigenvalue weighted by molar-refractivity contribution is 7.17. The average molecular weight is 501 g/mol. The van der Waals surface area contributed by atoms with E-state index in [1.54, 1.807) is 49.5 Å². The van der Waals surface area contributed by atoms with Gasteiger partial charge < -0.3 is 4.42 Å². The van der Waals surface area contributed by atoms with Gasteiger partial charge in [0, 0.05) is 28.9 Å². The maximum absolute atomic E-state index is 14.4. The molecule has 0 fully saturated rings. The molecule has 6 heteroatoms. The highest BCUT2D eigenvalue weighted by Crippen LogP contribution is 2.47. The largest absolute Gasteiger partial charge is 0.456 e. The molecule has 0 unspecified atom stereocenters. The lowest BCUT2D eigenvalue weighted by Crippen LogP contribution is -2.15. The Bertz CT molecular complexity index is 1430. The maximum atomic E-state index is 14.4. The summed E-state index contributed by atoms with van der Waals surface area (Å²) >= 11 is 1.62. The van der Waals surface area contributed by atoms with Crippen LogP contribution >= 0.6 is 11.3 Å². The van der Waals surface area contributed by atoms with E-state index in [2.05, 4.69) is 18.2 Å². The minimum absolute atomic E-state index is 0.147. The molecule has 0 aliphatic heterocycles. The maximum Gasteiger partial charge on any atom is 0.248 e. The molecule has 2 heterocycles. The van der Waals surface area contributed by atoms with Gasteiger partial charge in [-0.05, 0) is 85.7 Å². The van der Waals surface area contributed by atoms with Crippen LogP contribution in [-0.2, 0) is 12.8 Å². The van der Waals surface area contributed by atoms with Crippen LogP contribution in [0.2, 0.25) is 0 Å². The Kier molecular flexibility index (Phi) is 7.67. The van der Waals surface area contributed by atoms with Crippen molar-refractivity contribution in [2.75, 3.05) is 0 Å². The molecule has 2 aromatic heterocycles. The zero-order valence-corrected chi connectivity index (χ0v) is 21.1. The molecule has 0 saturated carbocycles. The van der Waals surface area contributed by atoms with E-state index in [4.69, 9.17) is 14.9 Å². The Morgan fingerprint density at radius 1 is 0.944 bits per heavy atom. The molecule has 0 saturated heterocycles. The van der Waals surface area contributed by atoms with E-state index in [9.17, 15) is 8.78 Å². The second-order valence-electron chi connectivity index (χ2n) is 9.03. The quantitative estimate of drug-likeness (QED) is 0.226. The first-order valence-electron chi connectivity index (χ1n) is 11.8. The summed E-state index contributed by atoms with van der Waals surface area (Å²) in [7, 11) is 0. The van der Waals surface area contributed by atoms with Gasteiger partial charge in [0.25, 0.3) is 0 Å². The molecule has 2 aromatic rings. The topological polar surface area (TPSA) is 60.7 Å². The van der Waals surface area contributed by atoms with E-state index in [1.807, 2.05) is 30.4 Å². The first kappa shape index (κ1) is 25.4. The van der Waals surface area contributed by atoms with Crippen LogP contribution in [0, 0.1) is 22.7 Å². The van der Waals surface area contributed by atoms with Gasteiger partial charge in [0.2, 0.25) is 5.92 Å². The molecule has 0 spiro atoms. The predicted octanol–water partition coefficient (Wildman–Crippen LogP) is 8.74. The van der Waals surface area contributed by atoms with E-state index >= 15 is 0 Å². The molecule has 0 bridgehead atoms. The van der Waals surface area contributed by atoms with Crippen LogP contribution in [0.15, 0.2) is 75.8 Å². The van der Waals surface area contributed by atoms with Gasteiger partial charge in [0.1, 0.15) is 11.5 Å². The minimum atomic E-state index is -2.67. The van der Waals surface area contributed by atoms with Crippen LogP contribution in [0.4, 0.5) is 8.78 Å². The predicted molar refractivity (Wildman–Crippen MR) is 141 cm³/mol. The van der Waals surface area contributed by atoms with Gasteiger partial charge in [0.05, 0.1) is 17.0 Å².